The largest absolute Gasteiger partial charge is 0.458 e. The van der Waals surface area contributed by atoms with Gasteiger partial charge in [0.2, 0.25) is 41.9 Å². The summed E-state index contributed by atoms with van der Waals surface area (Å²) in [7, 11) is 1.44. The topological polar surface area (TPSA) is 274 Å². The Bertz CT molecular complexity index is 2770. The summed E-state index contributed by atoms with van der Waals surface area (Å²) in [5, 5.41) is 22.7. The fourth-order valence-electron chi connectivity index (χ4n) is 8.62. The molecular weight excluding hydrogens is 992 g/mol. The molecule has 4 aromatic rings. The number of thiol groups is 1. The van der Waals surface area contributed by atoms with Crippen LogP contribution in [-0.2, 0) is 67.4 Å². The maximum atomic E-state index is 14.6. The van der Waals surface area contributed by atoms with E-state index < -0.39 is 23.2 Å². The van der Waals surface area contributed by atoms with E-state index in [1.54, 1.807) is 10.6 Å². The molecular formula is C53H69FN8O12S. The third-order valence-electron chi connectivity index (χ3n) is 12.4. The van der Waals surface area contributed by atoms with E-state index in [4.69, 9.17) is 9.72 Å². The molecule has 4 aliphatic rings. The second-order valence-electron chi connectivity index (χ2n) is 17.6. The number of fused-ring (bicyclic) bond motifs is 5. The molecule has 0 saturated carbocycles. The first-order valence-electron chi connectivity index (χ1n) is 24.9. The predicted molar refractivity (Wildman–Crippen MR) is 281 cm³/mol. The molecule has 1 aliphatic carbocycles. The number of halogens is 1. The fourth-order valence-corrected chi connectivity index (χ4v) is 8.91. The zero-order chi connectivity index (χ0) is 55.4. The molecule has 3 aliphatic heterocycles. The number of nitrogens with one attached hydrogen (secondary N) is 5. The van der Waals surface area contributed by atoms with E-state index in [0.29, 0.717) is 73.3 Å². The first-order valence-corrected chi connectivity index (χ1v) is 25.5. The van der Waals surface area contributed by atoms with Crippen LogP contribution in [0.1, 0.15) is 117 Å². The molecule has 2 unspecified atom stereocenters. The van der Waals surface area contributed by atoms with E-state index in [0.717, 1.165) is 41.3 Å². The summed E-state index contributed by atoms with van der Waals surface area (Å²) in [5.41, 5.74) is 7.17. The number of unbranched alkanes of at least 4 members (excludes halogenated alkanes) is 2. The molecule has 0 bridgehead atoms. The van der Waals surface area contributed by atoms with Gasteiger partial charge in [-0.1, -0.05) is 63.1 Å². The van der Waals surface area contributed by atoms with Crippen LogP contribution in [0.4, 0.5) is 4.39 Å². The number of aryl methyl sites for hydroxylation is 2. The molecule has 6 N–H and O–H groups in total. The lowest BCUT2D eigenvalue weighted by Crippen LogP contribution is -2.40. The maximum Gasteiger partial charge on any atom is 0.340 e. The van der Waals surface area contributed by atoms with E-state index in [1.165, 1.54) is 23.6 Å². The van der Waals surface area contributed by atoms with E-state index in [-0.39, 0.29) is 91.8 Å². The summed E-state index contributed by atoms with van der Waals surface area (Å²) in [5.74, 6) is -2.34. The minimum Gasteiger partial charge on any atom is -0.458 e. The number of likely N-dealkylation sites (tertiary alicyclic amines) is 1. The number of pyridine rings is 2. The molecule has 2 aromatic carbocycles. The highest BCUT2D eigenvalue weighted by atomic mass is 32.1. The average Bonchev–Trinajstić information content (AvgIpc) is 3.89. The number of nitrogens with zero attached hydrogens (tertiary/aromatic N) is 3. The number of amides is 7. The van der Waals surface area contributed by atoms with E-state index >= 15 is 0 Å². The van der Waals surface area contributed by atoms with Crippen molar-refractivity contribution in [1.82, 2.24) is 41.0 Å². The number of carbonyl (C=O) groups excluding carboxylic acids is 8. The van der Waals surface area contributed by atoms with Crippen molar-refractivity contribution >= 4 is 71.4 Å². The third-order valence-corrected chi connectivity index (χ3v) is 12.8. The summed E-state index contributed by atoms with van der Waals surface area (Å²) in [4.78, 5) is 108. The zero-order valence-corrected chi connectivity index (χ0v) is 44.5. The van der Waals surface area contributed by atoms with Gasteiger partial charge >= 0.3 is 5.97 Å². The Balaban J connectivity index is 0.000000238. The lowest BCUT2D eigenvalue weighted by atomic mass is 9.79. The van der Waals surface area contributed by atoms with Gasteiger partial charge in [0.15, 0.2) is 6.10 Å². The standard InChI is InChI=1S/C23H19FN2O4.C14H23N3O4S.C7H13N3O4.C7H8.C2H6/c1-9-3-4-11-10(2)15(24)6-16-19(11)18(9)13-7-26-17(20(13)25-16)5-12-14(22(26)28)8-30-23(29)21(12)27;1-2-15-12(19)9-16-11(18)6-4-3-5-7-17-13(20)8-10(22)14(17)21;1-14-5-10-7(13)3-9-6(12)2-8-4-11;1-7-5-3-2-4-6-7;1-2/h5-6,9,21,27H,3-4,7-8H2,1-2H3;10,22H,2-9H2,1H3,(H,15,19)(H,16,18);4H,2-3,5H2,1H3,(H,8,11)(H,9,12)(H,10,13);2-6H,1H3;1-2H3/t9-,21?;;;;/m1..../s1. The summed E-state index contributed by atoms with van der Waals surface area (Å²) >= 11 is 4.05. The molecule has 75 heavy (non-hydrogen) atoms. The van der Waals surface area contributed by atoms with Crippen LogP contribution in [0, 0.1) is 19.7 Å². The van der Waals surface area contributed by atoms with Gasteiger partial charge in [-0.2, -0.15) is 12.6 Å². The van der Waals surface area contributed by atoms with Crippen molar-refractivity contribution in [3.05, 3.63) is 97.6 Å². The molecule has 5 heterocycles. The summed E-state index contributed by atoms with van der Waals surface area (Å²) < 4.78 is 25.8. The number of aliphatic hydroxyl groups is 1. The van der Waals surface area contributed by atoms with Crippen LogP contribution in [0.5, 0.6) is 0 Å². The minimum absolute atomic E-state index is 0.00716. The van der Waals surface area contributed by atoms with Crippen LogP contribution >= 0.6 is 12.6 Å². The summed E-state index contributed by atoms with van der Waals surface area (Å²) in [6.07, 6.45) is 3.20. The molecule has 2 aromatic heterocycles. The van der Waals surface area contributed by atoms with Gasteiger partial charge in [0.25, 0.3) is 5.56 Å². The number of rotatable bonds is 16. The highest BCUT2D eigenvalue weighted by Crippen LogP contribution is 2.45. The van der Waals surface area contributed by atoms with E-state index in [9.17, 15) is 52.6 Å². The highest BCUT2D eigenvalue weighted by molar-refractivity contribution is 7.81. The number of benzene rings is 2. The first kappa shape index (κ1) is 60.5. The Hall–Kier alpha value is -7.04. The molecule has 0 radical (unpaired) electrons. The third kappa shape index (κ3) is 16.2. The van der Waals surface area contributed by atoms with Crippen LogP contribution in [0.2, 0.25) is 0 Å². The fraction of sp³-hybridized carbons (Fsp3) is 0.472. The number of cyclic esters (lactones) is 1. The van der Waals surface area contributed by atoms with Gasteiger partial charge in [-0.25, -0.2) is 14.2 Å². The van der Waals surface area contributed by atoms with E-state index in [1.807, 2.05) is 45.9 Å². The second-order valence-corrected chi connectivity index (χ2v) is 18.2. The van der Waals surface area contributed by atoms with Crippen molar-refractivity contribution in [1.29, 1.82) is 0 Å². The first-order chi connectivity index (χ1) is 35.9. The molecule has 22 heteroatoms. The Morgan fingerprint density at radius 3 is 2.19 bits per heavy atom. The number of carbonyl (C=O) groups is 8. The zero-order valence-electron chi connectivity index (χ0n) is 43.6. The number of methoxy groups -OCH3 is 1. The van der Waals surface area contributed by atoms with Crippen molar-refractivity contribution in [2.45, 2.75) is 117 Å². The quantitative estimate of drug-likeness (QED) is 0.0187. The van der Waals surface area contributed by atoms with Crippen molar-refractivity contribution in [2.24, 2.45) is 0 Å². The van der Waals surface area contributed by atoms with Gasteiger partial charge in [0.05, 0.1) is 53.9 Å². The average molecular weight is 1060 g/mol. The van der Waals surface area contributed by atoms with Crippen LogP contribution in [0.3, 0.4) is 0 Å². The number of imide groups is 1. The van der Waals surface area contributed by atoms with Crippen molar-refractivity contribution < 1.29 is 57.3 Å². The van der Waals surface area contributed by atoms with Crippen molar-refractivity contribution in [3.63, 3.8) is 0 Å². The van der Waals surface area contributed by atoms with Crippen LogP contribution < -0.4 is 32.1 Å². The van der Waals surface area contributed by atoms with E-state index in [2.05, 4.69) is 69.9 Å². The Kier molecular flexibility index (Phi) is 24.0. The number of ether oxygens (including phenoxy) is 2. The predicted octanol–water partition coefficient (Wildman–Crippen LogP) is 3.46. The number of likely N-dealkylation sites (N-methyl/N-ethyl adjacent to an activating group) is 1. The lowest BCUT2D eigenvalue weighted by Gasteiger charge is -2.26. The number of aliphatic hydroxyl groups excluding tert-OH is 1. The van der Waals surface area contributed by atoms with Crippen LogP contribution in [0.25, 0.3) is 22.3 Å². The minimum atomic E-state index is -1.49. The van der Waals surface area contributed by atoms with Gasteiger partial charge < -0.3 is 45.7 Å². The monoisotopic (exact) mass is 1060 g/mol. The molecule has 8 rings (SSSR count). The van der Waals surface area contributed by atoms with Crippen LogP contribution in [-0.4, -0.2) is 119 Å². The number of hydrogen-bond donors (Lipinski definition) is 7. The van der Waals surface area contributed by atoms with Crippen molar-refractivity contribution in [3.8, 4) is 11.4 Å². The molecule has 1 saturated heterocycles. The smallest absolute Gasteiger partial charge is 0.340 e. The molecule has 20 nitrogen and oxygen atoms in total. The summed E-state index contributed by atoms with van der Waals surface area (Å²) in [6, 6.07) is 13.4. The number of esters is 1. The van der Waals surface area contributed by atoms with Gasteiger partial charge in [0.1, 0.15) is 19.2 Å². The van der Waals surface area contributed by atoms with Crippen LogP contribution in [0.15, 0.2) is 47.3 Å². The second kappa shape index (κ2) is 29.7. The van der Waals surface area contributed by atoms with Gasteiger partial charge in [0, 0.05) is 55.6 Å². The maximum absolute atomic E-state index is 14.6. The number of hydrogen-bond acceptors (Lipinski definition) is 14. The molecule has 3 atom stereocenters. The van der Waals surface area contributed by atoms with Crippen molar-refractivity contribution in [2.75, 3.05) is 46.6 Å². The molecule has 406 valence electrons. The molecule has 1 fully saturated rings. The van der Waals surface area contributed by atoms with Gasteiger partial charge in [-0.05, 0) is 75.1 Å². The Morgan fingerprint density at radius 2 is 1.57 bits per heavy atom. The Morgan fingerprint density at radius 1 is 0.907 bits per heavy atom. The molecule has 7 amide bonds. The van der Waals surface area contributed by atoms with Gasteiger partial charge in [-0.15, -0.1) is 0 Å². The SMILES string of the molecule is CC.CCNC(=O)CNC(=O)CCCCCN1C(=O)CC(S)C1=O.COCNC(=O)CNC(=O)CNC=O.Cc1c(F)cc2nc3c(c4c2c1CC[C@H]4C)Cn1c-3cc2c(c1=O)COC(=O)C2O.Cc1ccccc1. The number of aromatic nitrogens is 2. The lowest BCUT2D eigenvalue weighted by molar-refractivity contribution is -0.157. The van der Waals surface area contributed by atoms with Gasteiger partial charge in [-0.3, -0.25) is 43.3 Å². The normalized spacial score (nSPS) is 16.3. The highest BCUT2D eigenvalue weighted by Gasteiger charge is 2.37. The Labute approximate surface area is 440 Å². The molecule has 0 spiro atoms. The summed E-state index contributed by atoms with van der Waals surface area (Å²) in [6.45, 7) is 12.8.